The predicted molar refractivity (Wildman–Crippen MR) is 93.2 cm³/mol. The molecule has 24 heavy (non-hydrogen) atoms. The van der Waals surface area contributed by atoms with E-state index in [0.717, 1.165) is 25.1 Å². The highest BCUT2D eigenvalue weighted by atomic mass is 15.3. The average Bonchev–Trinajstić information content (AvgIpc) is 2.67. The van der Waals surface area contributed by atoms with Crippen LogP contribution in [0.25, 0.3) is 0 Å². The molecule has 0 spiro atoms. The molecule has 0 radical (unpaired) electrons. The molecule has 2 aromatic heterocycles. The van der Waals surface area contributed by atoms with Gasteiger partial charge in [-0.05, 0) is 36.6 Å². The lowest BCUT2D eigenvalue weighted by molar-refractivity contribution is 0.741. The minimum Gasteiger partial charge on any atom is -0.363 e. The van der Waals surface area contributed by atoms with E-state index >= 15 is 0 Å². The average molecular weight is 318 g/mol. The van der Waals surface area contributed by atoms with Gasteiger partial charge in [-0.2, -0.15) is 10.1 Å². The lowest BCUT2D eigenvalue weighted by Gasteiger charge is -2.29. The number of pyridine rings is 1. The summed E-state index contributed by atoms with van der Waals surface area (Å²) in [6, 6.07) is 14.3. The number of nitrogens with one attached hydrogen (secondary N) is 1. The Kier molecular flexibility index (Phi) is 4.02. The van der Waals surface area contributed by atoms with Crippen LogP contribution in [0.4, 0.5) is 17.5 Å². The Morgan fingerprint density at radius 3 is 2.92 bits per heavy atom. The second-order valence-corrected chi connectivity index (χ2v) is 5.70. The second kappa shape index (κ2) is 6.62. The number of para-hydroxylation sites is 1. The van der Waals surface area contributed by atoms with E-state index in [9.17, 15) is 0 Å². The van der Waals surface area contributed by atoms with Crippen LogP contribution in [0, 0.1) is 0 Å². The van der Waals surface area contributed by atoms with E-state index in [1.165, 1.54) is 11.3 Å². The van der Waals surface area contributed by atoms with Crippen molar-refractivity contribution in [3.63, 3.8) is 0 Å². The number of fused-ring (bicyclic) bond motifs is 1. The summed E-state index contributed by atoms with van der Waals surface area (Å²) in [6.07, 6.45) is 5.61. The quantitative estimate of drug-likeness (QED) is 0.798. The molecule has 1 aliphatic heterocycles. The molecule has 1 aliphatic rings. The summed E-state index contributed by atoms with van der Waals surface area (Å²) in [5, 5.41) is 11.6. The third-order valence-electron chi connectivity index (χ3n) is 4.08. The zero-order chi connectivity index (χ0) is 16.2. The molecule has 0 saturated heterocycles. The van der Waals surface area contributed by atoms with Crippen molar-refractivity contribution in [3.8, 4) is 0 Å². The maximum absolute atomic E-state index is 4.62. The summed E-state index contributed by atoms with van der Waals surface area (Å²) in [4.78, 5) is 11.1. The predicted octanol–water partition coefficient (Wildman–Crippen LogP) is 2.96. The number of nitrogens with zero attached hydrogens (tertiary/aromatic N) is 5. The molecule has 0 fully saturated rings. The van der Waals surface area contributed by atoms with E-state index in [1.807, 2.05) is 24.3 Å². The minimum atomic E-state index is 0.607. The first-order valence-corrected chi connectivity index (χ1v) is 8.09. The van der Waals surface area contributed by atoms with Crippen LogP contribution >= 0.6 is 0 Å². The molecule has 1 aromatic carbocycles. The lowest BCUT2D eigenvalue weighted by Crippen LogP contribution is -2.26. The van der Waals surface area contributed by atoms with Gasteiger partial charge in [-0.25, -0.2) is 0 Å². The smallest absolute Gasteiger partial charge is 0.251 e. The molecule has 0 unspecified atom stereocenters. The van der Waals surface area contributed by atoms with Crippen LogP contribution in [0.2, 0.25) is 0 Å². The van der Waals surface area contributed by atoms with Crippen LogP contribution in [0.15, 0.2) is 54.9 Å². The van der Waals surface area contributed by atoms with Crippen molar-refractivity contribution >= 4 is 17.5 Å². The molecule has 6 heteroatoms. The summed E-state index contributed by atoms with van der Waals surface area (Å²) >= 11 is 0. The molecule has 3 aromatic rings. The molecule has 0 bridgehead atoms. The highest BCUT2D eigenvalue weighted by Crippen LogP contribution is 2.31. The molecule has 0 aliphatic carbocycles. The monoisotopic (exact) mass is 318 g/mol. The third kappa shape index (κ3) is 3.03. The van der Waals surface area contributed by atoms with Crippen LogP contribution in [-0.2, 0) is 13.0 Å². The Hall–Kier alpha value is -3.02. The molecule has 3 heterocycles. The van der Waals surface area contributed by atoms with Crippen molar-refractivity contribution in [2.24, 2.45) is 0 Å². The van der Waals surface area contributed by atoms with E-state index in [4.69, 9.17) is 0 Å². The Morgan fingerprint density at radius 2 is 2.00 bits per heavy atom. The highest BCUT2D eigenvalue weighted by Gasteiger charge is 2.20. The van der Waals surface area contributed by atoms with E-state index < -0.39 is 0 Å². The van der Waals surface area contributed by atoms with Gasteiger partial charge in [0.25, 0.3) is 5.95 Å². The standard InChI is InChI=1S/C18H18N6/c1-2-9-16-14(6-1)7-5-11-24(16)18-22-17(13-21-23-18)20-12-15-8-3-4-10-19-15/h1-4,6,8-10,13H,5,7,11-12H2,(H,20,22,23). The van der Waals surface area contributed by atoms with Crippen molar-refractivity contribution in [2.45, 2.75) is 19.4 Å². The number of aryl methyl sites for hydroxylation is 1. The Balaban J connectivity index is 1.55. The fraction of sp³-hybridized carbons (Fsp3) is 0.222. The molecule has 0 atom stereocenters. The molecule has 1 N–H and O–H groups in total. The zero-order valence-corrected chi connectivity index (χ0v) is 13.3. The van der Waals surface area contributed by atoms with Crippen molar-refractivity contribution < 1.29 is 0 Å². The van der Waals surface area contributed by atoms with E-state index in [2.05, 4.69) is 48.6 Å². The SMILES string of the molecule is c1ccc(CNc2cnnc(N3CCCc4ccccc43)n2)nc1. The highest BCUT2D eigenvalue weighted by molar-refractivity contribution is 5.63. The number of aromatic nitrogens is 4. The number of benzene rings is 1. The molecule has 6 nitrogen and oxygen atoms in total. The molecule has 4 rings (SSSR count). The van der Waals surface area contributed by atoms with Crippen molar-refractivity contribution in [1.29, 1.82) is 0 Å². The first kappa shape index (κ1) is 14.6. The summed E-state index contributed by atoms with van der Waals surface area (Å²) in [5.74, 6) is 1.34. The Bertz CT molecular complexity index is 821. The normalized spacial score (nSPS) is 13.4. The van der Waals surface area contributed by atoms with Gasteiger partial charge in [0, 0.05) is 18.4 Å². The Labute approximate surface area is 140 Å². The molecular formula is C18H18N6. The molecule has 0 saturated carbocycles. The van der Waals surface area contributed by atoms with Crippen LogP contribution in [0.3, 0.4) is 0 Å². The fourth-order valence-electron chi connectivity index (χ4n) is 2.92. The van der Waals surface area contributed by atoms with Crippen LogP contribution in [0.1, 0.15) is 17.7 Å². The first-order valence-electron chi connectivity index (χ1n) is 8.09. The topological polar surface area (TPSA) is 66.8 Å². The lowest BCUT2D eigenvalue weighted by atomic mass is 10.0. The number of hydrogen-bond donors (Lipinski definition) is 1. The van der Waals surface area contributed by atoms with Crippen molar-refractivity contribution in [3.05, 3.63) is 66.1 Å². The van der Waals surface area contributed by atoms with Gasteiger partial charge in [0.1, 0.15) is 0 Å². The van der Waals surface area contributed by atoms with Gasteiger partial charge in [-0.15, -0.1) is 5.10 Å². The largest absolute Gasteiger partial charge is 0.363 e. The number of anilines is 3. The van der Waals surface area contributed by atoms with Gasteiger partial charge >= 0.3 is 0 Å². The van der Waals surface area contributed by atoms with Crippen molar-refractivity contribution in [2.75, 3.05) is 16.8 Å². The second-order valence-electron chi connectivity index (χ2n) is 5.70. The van der Waals surface area contributed by atoms with E-state index in [0.29, 0.717) is 18.3 Å². The van der Waals surface area contributed by atoms with Crippen LogP contribution in [-0.4, -0.2) is 26.7 Å². The van der Waals surface area contributed by atoms with Gasteiger partial charge in [0.2, 0.25) is 0 Å². The van der Waals surface area contributed by atoms with E-state index in [-0.39, 0.29) is 0 Å². The summed E-state index contributed by atoms with van der Waals surface area (Å²) < 4.78 is 0. The maximum Gasteiger partial charge on any atom is 0.251 e. The molecule has 120 valence electrons. The van der Waals surface area contributed by atoms with Gasteiger partial charge in [0.15, 0.2) is 5.82 Å². The Morgan fingerprint density at radius 1 is 1.08 bits per heavy atom. The number of hydrogen-bond acceptors (Lipinski definition) is 6. The fourth-order valence-corrected chi connectivity index (χ4v) is 2.92. The minimum absolute atomic E-state index is 0.607. The van der Waals surface area contributed by atoms with Crippen molar-refractivity contribution in [1.82, 2.24) is 20.2 Å². The summed E-state index contributed by atoms with van der Waals surface area (Å²) in [6.45, 7) is 1.51. The van der Waals surface area contributed by atoms with Crippen LogP contribution < -0.4 is 10.2 Å². The summed E-state index contributed by atoms with van der Waals surface area (Å²) in [7, 11) is 0. The van der Waals surface area contributed by atoms with Gasteiger partial charge in [-0.1, -0.05) is 24.3 Å². The van der Waals surface area contributed by atoms with Gasteiger partial charge in [-0.3, -0.25) is 4.98 Å². The zero-order valence-electron chi connectivity index (χ0n) is 13.3. The molecular weight excluding hydrogens is 300 g/mol. The molecule has 0 amide bonds. The first-order chi connectivity index (χ1) is 11.9. The van der Waals surface area contributed by atoms with Crippen LogP contribution in [0.5, 0.6) is 0 Å². The number of rotatable bonds is 4. The maximum atomic E-state index is 4.62. The van der Waals surface area contributed by atoms with E-state index in [1.54, 1.807) is 12.4 Å². The third-order valence-corrected chi connectivity index (χ3v) is 4.08. The van der Waals surface area contributed by atoms with Gasteiger partial charge in [0.05, 0.1) is 18.4 Å². The summed E-state index contributed by atoms with van der Waals surface area (Å²) in [5.41, 5.74) is 3.47. The van der Waals surface area contributed by atoms with Gasteiger partial charge < -0.3 is 10.2 Å².